The summed E-state index contributed by atoms with van der Waals surface area (Å²) in [5.74, 6) is 5.80. The van der Waals surface area contributed by atoms with E-state index in [0.29, 0.717) is 6.61 Å². The van der Waals surface area contributed by atoms with Gasteiger partial charge in [-0.1, -0.05) is 12.1 Å². The number of benzene rings is 1. The minimum Gasteiger partial charge on any atom is -0.380 e. The first kappa shape index (κ1) is 8.53. The first-order chi connectivity index (χ1) is 6.33. The zero-order chi connectivity index (χ0) is 9.26. The van der Waals surface area contributed by atoms with Gasteiger partial charge in [0.15, 0.2) is 0 Å². The van der Waals surface area contributed by atoms with Crippen LogP contribution in [0.25, 0.3) is 0 Å². The summed E-state index contributed by atoms with van der Waals surface area (Å²) in [5, 5.41) is 1.80. The van der Waals surface area contributed by atoms with E-state index in [1.165, 1.54) is 11.1 Å². The fourth-order valence-corrected chi connectivity index (χ4v) is 1.82. The second-order valence-electron chi connectivity index (χ2n) is 3.29. The van der Waals surface area contributed by atoms with Crippen molar-refractivity contribution in [2.75, 3.05) is 18.7 Å². The number of rotatable bonds is 2. The maximum Gasteiger partial charge on any atom is 0.0716 e. The van der Waals surface area contributed by atoms with Crippen molar-refractivity contribution in [1.82, 2.24) is 0 Å². The third-order valence-corrected chi connectivity index (χ3v) is 2.46. The topological polar surface area (TPSA) is 38.5 Å². The molecular weight excluding hydrogens is 164 g/mol. The molecule has 1 heterocycles. The van der Waals surface area contributed by atoms with Crippen LogP contribution in [0.15, 0.2) is 18.2 Å². The number of anilines is 1. The molecule has 13 heavy (non-hydrogen) atoms. The van der Waals surface area contributed by atoms with Gasteiger partial charge in [-0.05, 0) is 23.6 Å². The minimum absolute atomic E-state index is 0.678. The molecule has 0 saturated heterocycles. The number of hydrogen-bond donors (Lipinski definition) is 1. The molecule has 2 N–H and O–H groups in total. The van der Waals surface area contributed by atoms with Crippen molar-refractivity contribution in [1.29, 1.82) is 0 Å². The second-order valence-corrected chi connectivity index (χ2v) is 3.29. The molecule has 0 amide bonds. The Kier molecular flexibility index (Phi) is 2.20. The molecule has 0 aliphatic carbocycles. The third kappa shape index (κ3) is 1.41. The Balaban J connectivity index is 2.38. The molecule has 1 aliphatic heterocycles. The van der Waals surface area contributed by atoms with Gasteiger partial charge in [0.1, 0.15) is 0 Å². The molecule has 70 valence electrons. The molecule has 0 saturated carbocycles. The maximum atomic E-state index is 5.80. The molecule has 0 spiro atoms. The summed E-state index contributed by atoms with van der Waals surface area (Å²) in [6, 6.07) is 6.18. The molecule has 0 radical (unpaired) electrons. The Morgan fingerprint density at radius 1 is 1.54 bits per heavy atom. The van der Waals surface area contributed by atoms with Gasteiger partial charge in [-0.25, -0.2) is 5.84 Å². The van der Waals surface area contributed by atoms with Gasteiger partial charge >= 0.3 is 0 Å². The Morgan fingerprint density at radius 3 is 3.15 bits per heavy atom. The molecule has 3 nitrogen and oxygen atoms in total. The summed E-state index contributed by atoms with van der Waals surface area (Å²) in [4.78, 5) is 0. The van der Waals surface area contributed by atoms with Crippen molar-refractivity contribution < 1.29 is 4.74 Å². The molecule has 0 unspecified atom stereocenters. The number of methoxy groups -OCH3 is 1. The monoisotopic (exact) mass is 178 g/mol. The summed E-state index contributed by atoms with van der Waals surface area (Å²) < 4.78 is 5.13. The van der Waals surface area contributed by atoms with E-state index in [1.54, 1.807) is 12.1 Å². The smallest absolute Gasteiger partial charge is 0.0716 e. The Bertz CT molecular complexity index is 312. The van der Waals surface area contributed by atoms with Crippen LogP contribution in [-0.2, 0) is 17.8 Å². The molecule has 1 aromatic rings. The van der Waals surface area contributed by atoms with Crippen LogP contribution >= 0.6 is 0 Å². The standard InChI is InChI=1S/C10H14N2O/c1-13-7-8-3-2-4-10-9(8)5-6-12(10)11/h2-4H,5-7,11H2,1H3. The van der Waals surface area contributed by atoms with E-state index in [-0.39, 0.29) is 0 Å². The molecule has 3 heteroatoms. The normalized spacial score (nSPS) is 14.8. The lowest BCUT2D eigenvalue weighted by molar-refractivity contribution is 0.184. The molecule has 0 bridgehead atoms. The lowest BCUT2D eigenvalue weighted by Crippen LogP contribution is -2.27. The van der Waals surface area contributed by atoms with Crippen molar-refractivity contribution in [2.45, 2.75) is 13.0 Å². The number of fused-ring (bicyclic) bond motifs is 1. The Morgan fingerprint density at radius 2 is 2.38 bits per heavy atom. The largest absolute Gasteiger partial charge is 0.380 e. The fraction of sp³-hybridized carbons (Fsp3) is 0.400. The van der Waals surface area contributed by atoms with Crippen LogP contribution in [0.5, 0.6) is 0 Å². The molecule has 0 atom stereocenters. The van der Waals surface area contributed by atoms with E-state index in [1.807, 2.05) is 6.07 Å². The van der Waals surface area contributed by atoms with E-state index in [0.717, 1.165) is 18.7 Å². The van der Waals surface area contributed by atoms with Gasteiger partial charge in [0.25, 0.3) is 0 Å². The highest BCUT2D eigenvalue weighted by atomic mass is 16.5. The van der Waals surface area contributed by atoms with Crippen molar-refractivity contribution in [2.24, 2.45) is 5.84 Å². The molecule has 0 aromatic heterocycles. The van der Waals surface area contributed by atoms with E-state index >= 15 is 0 Å². The molecule has 2 rings (SSSR count). The van der Waals surface area contributed by atoms with Gasteiger partial charge in [-0.15, -0.1) is 0 Å². The molecule has 1 aliphatic rings. The second kappa shape index (κ2) is 3.36. The van der Waals surface area contributed by atoms with Crippen molar-refractivity contribution >= 4 is 5.69 Å². The van der Waals surface area contributed by atoms with Crippen LogP contribution in [0, 0.1) is 0 Å². The highest BCUT2D eigenvalue weighted by Gasteiger charge is 2.18. The summed E-state index contributed by atoms with van der Waals surface area (Å²) in [7, 11) is 1.72. The highest BCUT2D eigenvalue weighted by molar-refractivity contribution is 5.59. The minimum atomic E-state index is 0.678. The number of hydrazine groups is 1. The zero-order valence-corrected chi connectivity index (χ0v) is 7.79. The van der Waals surface area contributed by atoms with Crippen LogP contribution in [-0.4, -0.2) is 13.7 Å². The van der Waals surface area contributed by atoms with E-state index in [2.05, 4.69) is 12.1 Å². The van der Waals surface area contributed by atoms with Crippen molar-refractivity contribution in [3.05, 3.63) is 29.3 Å². The van der Waals surface area contributed by atoms with Crippen molar-refractivity contribution in [3.8, 4) is 0 Å². The van der Waals surface area contributed by atoms with Gasteiger partial charge in [0, 0.05) is 13.7 Å². The summed E-state index contributed by atoms with van der Waals surface area (Å²) in [6.45, 7) is 1.59. The fourth-order valence-electron chi connectivity index (χ4n) is 1.82. The predicted octanol–water partition coefficient (Wildman–Crippen LogP) is 1.07. The van der Waals surface area contributed by atoms with Gasteiger partial charge < -0.3 is 9.75 Å². The van der Waals surface area contributed by atoms with Crippen LogP contribution < -0.4 is 10.9 Å². The quantitative estimate of drug-likeness (QED) is 0.688. The summed E-state index contributed by atoms with van der Waals surface area (Å²) >= 11 is 0. The van der Waals surface area contributed by atoms with Crippen LogP contribution in [0.4, 0.5) is 5.69 Å². The van der Waals surface area contributed by atoms with Crippen LogP contribution in [0.3, 0.4) is 0 Å². The van der Waals surface area contributed by atoms with Gasteiger partial charge in [-0.2, -0.15) is 0 Å². The molecular formula is C10H14N2O. The van der Waals surface area contributed by atoms with E-state index < -0.39 is 0 Å². The zero-order valence-electron chi connectivity index (χ0n) is 7.79. The average molecular weight is 178 g/mol. The molecule has 0 fully saturated rings. The SMILES string of the molecule is COCc1cccc2c1CCN2N. The van der Waals surface area contributed by atoms with Gasteiger partial charge in [0.2, 0.25) is 0 Å². The average Bonchev–Trinajstić information content (AvgIpc) is 2.50. The first-order valence-corrected chi connectivity index (χ1v) is 4.45. The van der Waals surface area contributed by atoms with Gasteiger partial charge in [-0.3, -0.25) is 0 Å². The summed E-state index contributed by atoms with van der Waals surface area (Å²) in [5.41, 5.74) is 3.74. The van der Waals surface area contributed by atoms with E-state index in [4.69, 9.17) is 10.6 Å². The van der Waals surface area contributed by atoms with E-state index in [9.17, 15) is 0 Å². The number of hydrogen-bond acceptors (Lipinski definition) is 3. The maximum absolute atomic E-state index is 5.80. The lowest BCUT2D eigenvalue weighted by Gasteiger charge is -2.12. The predicted molar refractivity (Wildman–Crippen MR) is 52.4 cm³/mol. The van der Waals surface area contributed by atoms with Crippen molar-refractivity contribution in [3.63, 3.8) is 0 Å². The van der Waals surface area contributed by atoms with Crippen LogP contribution in [0.1, 0.15) is 11.1 Å². The highest BCUT2D eigenvalue weighted by Crippen LogP contribution is 2.28. The Labute approximate surface area is 78.1 Å². The van der Waals surface area contributed by atoms with Crippen LogP contribution in [0.2, 0.25) is 0 Å². The third-order valence-electron chi connectivity index (χ3n) is 2.46. The Hall–Kier alpha value is -1.06. The lowest BCUT2D eigenvalue weighted by atomic mass is 10.1. The first-order valence-electron chi connectivity index (χ1n) is 4.45. The van der Waals surface area contributed by atoms with Gasteiger partial charge in [0.05, 0.1) is 12.3 Å². The molecule has 1 aromatic carbocycles. The number of nitrogens with zero attached hydrogens (tertiary/aromatic N) is 1. The summed E-state index contributed by atoms with van der Waals surface area (Å²) in [6.07, 6.45) is 1.03. The number of ether oxygens (including phenoxy) is 1. The number of nitrogens with two attached hydrogens (primary N) is 1.